The van der Waals surface area contributed by atoms with Gasteiger partial charge in [0.15, 0.2) is 0 Å². The number of halogens is 2. The molecule has 1 aromatic heterocycles. The zero-order chi connectivity index (χ0) is 10.7. The molecule has 0 aromatic carbocycles. The second-order valence-electron chi connectivity index (χ2n) is 3.00. The molecule has 1 atom stereocenters. The van der Waals surface area contributed by atoms with Crippen LogP contribution >= 0.6 is 0 Å². The van der Waals surface area contributed by atoms with E-state index in [-0.39, 0.29) is 12.2 Å². The fourth-order valence-electron chi connectivity index (χ4n) is 0.954. The van der Waals surface area contributed by atoms with Crippen molar-refractivity contribution in [2.75, 3.05) is 0 Å². The van der Waals surface area contributed by atoms with Crippen molar-refractivity contribution in [2.24, 2.45) is 5.92 Å². The summed E-state index contributed by atoms with van der Waals surface area (Å²) < 4.78 is 25.4. The van der Waals surface area contributed by atoms with Crippen molar-refractivity contribution in [3.8, 4) is 0 Å². The topological polar surface area (TPSA) is 55.1 Å². The van der Waals surface area contributed by atoms with E-state index >= 15 is 0 Å². The quantitative estimate of drug-likeness (QED) is 0.809. The van der Waals surface area contributed by atoms with Crippen LogP contribution in [0.25, 0.3) is 0 Å². The highest BCUT2D eigenvalue weighted by atomic mass is 19.3. The number of alkyl halides is 2. The molecule has 14 heavy (non-hydrogen) atoms. The Bertz CT molecular complexity index is 325. The van der Waals surface area contributed by atoms with E-state index in [1.165, 1.54) is 23.9 Å². The maximum Gasteiger partial charge on any atom is 0.308 e. The highest BCUT2D eigenvalue weighted by Crippen LogP contribution is 2.15. The summed E-state index contributed by atoms with van der Waals surface area (Å²) in [6.07, 6.45) is -1.27. The zero-order valence-electron chi connectivity index (χ0n) is 7.52. The Balaban J connectivity index is 2.64. The molecular formula is C8H10F2N2O2. The molecule has 0 radical (unpaired) electrons. The molecule has 0 saturated heterocycles. The lowest BCUT2D eigenvalue weighted by Crippen LogP contribution is -2.17. The van der Waals surface area contributed by atoms with E-state index in [2.05, 4.69) is 5.10 Å². The third kappa shape index (κ3) is 2.51. The van der Waals surface area contributed by atoms with E-state index in [0.29, 0.717) is 0 Å². The molecule has 0 unspecified atom stereocenters. The fourth-order valence-corrected chi connectivity index (χ4v) is 0.954. The standard InChI is InChI=1S/C8H10F2N2O2/c1-5(8(13)14)4-12-3-2-6(11-12)7(9)10/h2-3,5,7H,4H2,1H3,(H,13,14)/t5-/m0/s1. The molecule has 1 heterocycles. The number of carbonyl (C=O) groups is 1. The summed E-state index contributed by atoms with van der Waals surface area (Å²) in [7, 11) is 0. The van der Waals surface area contributed by atoms with Crippen LogP contribution in [0.1, 0.15) is 19.0 Å². The van der Waals surface area contributed by atoms with Crippen molar-refractivity contribution < 1.29 is 18.7 Å². The number of hydrogen-bond donors (Lipinski definition) is 1. The van der Waals surface area contributed by atoms with Crippen LogP contribution in [0.5, 0.6) is 0 Å². The monoisotopic (exact) mass is 204 g/mol. The summed E-state index contributed by atoms with van der Waals surface area (Å²) in [6, 6.07) is 1.18. The summed E-state index contributed by atoms with van der Waals surface area (Å²) in [5.74, 6) is -1.61. The number of rotatable bonds is 4. The molecule has 0 spiro atoms. The van der Waals surface area contributed by atoms with Crippen molar-refractivity contribution in [2.45, 2.75) is 19.9 Å². The maximum atomic E-state index is 12.1. The lowest BCUT2D eigenvalue weighted by Gasteiger charge is -2.05. The van der Waals surface area contributed by atoms with Crippen LogP contribution in [0.4, 0.5) is 8.78 Å². The van der Waals surface area contributed by atoms with Crippen LogP contribution in [0, 0.1) is 5.92 Å². The lowest BCUT2D eigenvalue weighted by molar-refractivity contribution is -0.141. The number of hydrogen-bond acceptors (Lipinski definition) is 2. The van der Waals surface area contributed by atoms with E-state index in [1.54, 1.807) is 0 Å². The van der Waals surface area contributed by atoms with Gasteiger partial charge >= 0.3 is 5.97 Å². The number of carboxylic acids is 1. The fraction of sp³-hybridized carbons (Fsp3) is 0.500. The Labute approximate surface area is 79.2 Å². The van der Waals surface area contributed by atoms with E-state index in [9.17, 15) is 13.6 Å². The molecule has 0 aliphatic heterocycles. The Kier molecular flexibility index (Phi) is 3.16. The first-order chi connectivity index (χ1) is 6.50. The van der Waals surface area contributed by atoms with Gasteiger partial charge in [0, 0.05) is 6.20 Å². The summed E-state index contributed by atoms with van der Waals surface area (Å²) in [4.78, 5) is 10.5. The van der Waals surface area contributed by atoms with Gasteiger partial charge in [-0.3, -0.25) is 9.48 Å². The number of aromatic nitrogens is 2. The number of carboxylic acid groups (broad SMARTS) is 1. The second-order valence-corrected chi connectivity index (χ2v) is 3.00. The average Bonchev–Trinajstić information content (AvgIpc) is 2.52. The summed E-state index contributed by atoms with van der Waals surface area (Å²) in [5, 5.41) is 12.1. The highest BCUT2D eigenvalue weighted by Gasteiger charge is 2.14. The predicted molar refractivity (Wildman–Crippen MR) is 44.0 cm³/mol. The van der Waals surface area contributed by atoms with Crippen LogP contribution in [0.15, 0.2) is 12.3 Å². The highest BCUT2D eigenvalue weighted by molar-refractivity contribution is 5.69. The van der Waals surface area contributed by atoms with Gasteiger partial charge in [-0.05, 0) is 6.07 Å². The average molecular weight is 204 g/mol. The van der Waals surface area contributed by atoms with Gasteiger partial charge in [-0.15, -0.1) is 0 Å². The first kappa shape index (κ1) is 10.6. The third-order valence-electron chi connectivity index (χ3n) is 1.77. The molecule has 4 nitrogen and oxygen atoms in total. The Morgan fingerprint density at radius 3 is 2.79 bits per heavy atom. The van der Waals surface area contributed by atoms with E-state index < -0.39 is 18.3 Å². The lowest BCUT2D eigenvalue weighted by atomic mass is 10.2. The van der Waals surface area contributed by atoms with Gasteiger partial charge in [0.1, 0.15) is 5.69 Å². The molecule has 0 aliphatic carbocycles. The van der Waals surface area contributed by atoms with Crippen molar-refractivity contribution >= 4 is 5.97 Å². The molecule has 0 amide bonds. The summed E-state index contributed by atoms with van der Waals surface area (Å²) >= 11 is 0. The molecular weight excluding hydrogens is 194 g/mol. The van der Waals surface area contributed by atoms with Crippen LogP contribution in [0.3, 0.4) is 0 Å². The number of nitrogens with zero attached hydrogens (tertiary/aromatic N) is 2. The normalized spacial score (nSPS) is 13.1. The molecule has 0 bridgehead atoms. The Morgan fingerprint density at radius 2 is 2.36 bits per heavy atom. The van der Waals surface area contributed by atoms with Crippen molar-refractivity contribution in [1.29, 1.82) is 0 Å². The minimum absolute atomic E-state index is 0.0993. The maximum absolute atomic E-state index is 12.1. The van der Waals surface area contributed by atoms with Gasteiger partial charge in [0.2, 0.25) is 0 Å². The van der Waals surface area contributed by atoms with Crippen LogP contribution < -0.4 is 0 Å². The Morgan fingerprint density at radius 1 is 1.71 bits per heavy atom. The molecule has 1 N–H and O–H groups in total. The molecule has 1 aromatic rings. The summed E-state index contributed by atoms with van der Waals surface area (Å²) in [6.45, 7) is 1.59. The van der Waals surface area contributed by atoms with Gasteiger partial charge in [0.25, 0.3) is 6.43 Å². The van der Waals surface area contributed by atoms with Gasteiger partial charge in [-0.2, -0.15) is 5.10 Å². The molecule has 0 aliphatic rings. The molecule has 0 fully saturated rings. The van der Waals surface area contributed by atoms with Crippen LogP contribution in [0.2, 0.25) is 0 Å². The largest absolute Gasteiger partial charge is 0.481 e. The molecule has 0 saturated carbocycles. The molecule has 6 heteroatoms. The Hall–Kier alpha value is -1.46. The van der Waals surface area contributed by atoms with Crippen molar-refractivity contribution in [3.63, 3.8) is 0 Å². The van der Waals surface area contributed by atoms with Crippen molar-refractivity contribution in [3.05, 3.63) is 18.0 Å². The molecule has 78 valence electrons. The summed E-state index contributed by atoms with van der Waals surface area (Å²) in [5.41, 5.74) is -0.331. The van der Waals surface area contributed by atoms with E-state index in [0.717, 1.165) is 0 Å². The first-order valence-electron chi connectivity index (χ1n) is 4.05. The van der Waals surface area contributed by atoms with Gasteiger partial charge < -0.3 is 5.11 Å². The second kappa shape index (κ2) is 4.17. The smallest absolute Gasteiger partial charge is 0.308 e. The minimum Gasteiger partial charge on any atom is -0.481 e. The van der Waals surface area contributed by atoms with Gasteiger partial charge in [-0.1, -0.05) is 6.92 Å². The van der Waals surface area contributed by atoms with Gasteiger partial charge in [0.05, 0.1) is 12.5 Å². The third-order valence-corrected chi connectivity index (χ3v) is 1.77. The van der Waals surface area contributed by atoms with Crippen molar-refractivity contribution in [1.82, 2.24) is 9.78 Å². The van der Waals surface area contributed by atoms with Crippen LogP contribution in [-0.2, 0) is 11.3 Å². The minimum atomic E-state index is -2.61. The van der Waals surface area contributed by atoms with E-state index in [4.69, 9.17) is 5.11 Å². The zero-order valence-corrected chi connectivity index (χ0v) is 7.52. The van der Waals surface area contributed by atoms with E-state index in [1.807, 2.05) is 0 Å². The number of aliphatic carboxylic acids is 1. The SMILES string of the molecule is C[C@@H](Cn1ccc(C(F)F)n1)C(=O)O. The van der Waals surface area contributed by atoms with Gasteiger partial charge in [-0.25, -0.2) is 8.78 Å². The van der Waals surface area contributed by atoms with Crippen LogP contribution in [-0.4, -0.2) is 20.9 Å². The predicted octanol–water partition coefficient (Wildman–Crippen LogP) is 1.54. The molecule has 1 rings (SSSR count). The first-order valence-corrected chi connectivity index (χ1v) is 4.05.